The standard InChI is InChI=1S/C12H17N3S/c1-15-3-2-10(8-15)6-14-7-12-4-11(5-13)9-16-12/h4,9-10,14H,2-3,6-8H2,1H3. The minimum atomic E-state index is 0.780. The van der Waals surface area contributed by atoms with Gasteiger partial charge in [-0.25, -0.2) is 0 Å². The maximum Gasteiger partial charge on any atom is 0.100 e. The molecule has 1 saturated heterocycles. The summed E-state index contributed by atoms with van der Waals surface area (Å²) in [5.74, 6) is 0.792. The summed E-state index contributed by atoms with van der Waals surface area (Å²) in [6, 6.07) is 4.13. The summed E-state index contributed by atoms with van der Waals surface area (Å²) < 4.78 is 0. The number of hydrogen-bond donors (Lipinski definition) is 1. The van der Waals surface area contributed by atoms with E-state index in [1.807, 2.05) is 11.4 Å². The third-order valence-corrected chi connectivity index (χ3v) is 3.94. The highest BCUT2D eigenvalue weighted by Gasteiger charge is 2.18. The lowest BCUT2D eigenvalue weighted by molar-refractivity contribution is 0.388. The smallest absolute Gasteiger partial charge is 0.100 e. The zero-order valence-electron chi connectivity index (χ0n) is 9.57. The lowest BCUT2D eigenvalue weighted by Gasteiger charge is -2.10. The fourth-order valence-corrected chi connectivity index (χ4v) is 2.90. The normalized spacial score (nSPS) is 21.1. The van der Waals surface area contributed by atoms with Crippen molar-refractivity contribution in [2.45, 2.75) is 13.0 Å². The van der Waals surface area contributed by atoms with E-state index in [9.17, 15) is 0 Å². The van der Waals surface area contributed by atoms with Gasteiger partial charge in [-0.1, -0.05) is 0 Å². The number of likely N-dealkylation sites (tertiary alicyclic amines) is 1. The molecule has 1 fully saturated rings. The average Bonchev–Trinajstić information content (AvgIpc) is 2.88. The lowest BCUT2D eigenvalue weighted by atomic mass is 10.1. The molecular weight excluding hydrogens is 218 g/mol. The molecule has 4 heteroatoms. The number of nitrogens with one attached hydrogen (secondary N) is 1. The van der Waals surface area contributed by atoms with Crippen molar-refractivity contribution in [2.75, 3.05) is 26.7 Å². The summed E-state index contributed by atoms with van der Waals surface area (Å²) in [6.07, 6.45) is 1.30. The molecule has 0 spiro atoms. The Balaban J connectivity index is 1.70. The minimum absolute atomic E-state index is 0.780. The van der Waals surface area contributed by atoms with Gasteiger partial charge in [-0.15, -0.1) is 11.3 Å². The van der Waals surface area contributed by atoms with Gasteiger partial charge in [0, 0.05) is 23.3 Å². The first kappa shape index (κ1) is 11.6. The number of thiophene rings is 1. The zero-order chi connectivity index (χ0) is 11.4. The van der Waals surface area contributed by atoms with Crippen LogP contribution in [0.3, 0.4) is 0 Å². The van der Waals surface area contributed by atoms with Crippen LogP contribution in [0.1, 0.15) is 16.9 Å². The monoisotopic (exact) mass is 235 g/mol. The molecule has 1 aliphatic heterocycles. The van der Waals surface area contributed by atoms with E-state index in [1.54, 1.807) is 11.3 Å². The van der Waals surface area contributed by atoms with E-state index in [1.165, 1.54) is 24.4 Å². The Morgan fingerprint density at radius 1 is 1.69 bits per heavy atom. The average molecular weight is 235 g/mol. The highest BCUT2D eigenvalue weighted by atomic mass is 32.1. The highest BCUT2D eigenvalue weighted by Crippen LogP contribution is 2.15. The van der Waals surface area contributed by atoms with Crippen molar-refractivity contribution in [3.8, 4) is 6.07 Å². The van der Waals surface area contributed by atoms with Crippen molar-refractivity contribution in [1.29, 1.82) is 5.26 Å². The van der Waals surface area contributed by atoms with Gasteiger partial charge in [0.05, 0.1) is 5.56 Å². The summed E-state index contributed by atoms with van der Waals surface area (Å²) in [7, 11) is 2.18. The van der Waals surface area contributed by atoms with Gasteiger partial charge in [-0.05, 0) is 38.5 Å². The lowest BCUT2D eigenvalue weighted by Crippen LogP contribution is -2.24. The first-order valence-corrected chi connectivity index (χ1v) is 6.52. The zero-order valence-corrected chi connectivity index (χ0v) is 10.4. The molecule has 1 unspecified atom stereocenters. The van der Waals surface area contributed by atoms with Crippen LogP contribution in [0.5, 0.6) is 0 Å². The summed E-state index contributed by atoms with van der Waals surface area (Å²) in [5.41, 5.74) is 0.780. The fourth-order valence-electron chi connectivity index (χ4n) is 2.12. The van der Waals surface area contributed by atoms with Crippen LogP contribution >= 0.6 is 11.3 Å². The molecule has 1 aromatic heterocycles. The van der Waals surface area contributed by atoms with Gasteiger partial charge < -0.3 is 10.2 Å². The third kappa shape index (κ3) is 3.05. The van der Waals surface area contributed by atoms with E-state index in [0.717, 1.165) is 24.6 Å². The van der Waals surface area contributed by atoms with Crippen LogP contribution in [0.4, 0.5) is 0 Å². The molecule has 1 aliphatic rings. The second-order valence-electron chi connectivity index (χ2n) is 4.46. The summed E-state index contributed by atoms with van der Waals surface area (Å²) in [5, 5.41) is 14.1. The molecule has 2 heterocycles. The predicted molar refractivity (Wildman–Crippen MR) is 66.3 cm³/mol. The van der Waals surface area contributed by atoms with Crippen LogP contribution < -0.4 is 5.32 Å². The van der Waals surface area contributed by atoms with Crippen molar-refractivity contribution in [2.24, 2.45) is 5.92 Å². The molecule has 0 saturated carbocycles. The molecule has 3 nitrogen and oxygen atoms in total. The second-order valence-corrected chi connectivity index (χ2v) is 5.46. The fraction of sp³-hybridized carbons (Fsp3) is 0.583. The van der Waals surface area contributed by atoms with Gasteiger partial charge in [0.25, 0.3) is 0 Å². The SMILES string of the molecule is CN1CCC(CNCc2cc(C#N)cs2)C1. The van der Waals surface area contributed by atoms with E-state index in [0.29, 0.717) is 0 Å². The summed E-state index contributed by atoms with van der Waals surface area (Å²) in [6.45, 7) is 4.42. The number of nitrogens with zero attached hydrogens (tertiary/aromatic N) is 2. The topological polar surface area (TPSA) is 39.1 Å². The van der Waals surface area contributed by atoms with E-state index in [-0.39, 0.29) is 0 Å². The quantitative estimate of drug-likeness (QED) is 0.862. The minimum Gasteiger partial charge on any atom is -0.312 e. The van der Waals surface area contributed by atoms with Gasteiger partial charge >= 0.3 is 0 Å². The Kier molecular flexibility index (Phi) is 3.94. The van der Waals surface area contributed by atoms with E-state index >= 15 is 0 Å². The Morgan fingerprint density at radius 2 is 2.56 bits per heavy atom. The molecule has 0 aliphatic carbocycles. The largest absolute Gasteiger partial charge is 0.312 e. The Labute approximate surface area is 101 Å². The molecule has 1 aromatic rings. The van der Waals surface area contributed by atoms with Crippen molar-refractivity contribution in [1.82, 2.24) is 10.2 Å². The number of nitriles is 1. The third-order valence-electron chi connectivity index (χ3n) is 3.00. The molecule has 86 valence electrons. The van der Waals surface area contributed by atoms with Crippen LogP contribution in [-0.4, -0.2) is 31.6 Å². The van der Waals surface area contributed by atoms with Crippen LogP contribution in [0, 0.1) is 17.2 Å². The first-order valence-electron chi connectivity index (χ1n) is 5.64. The molecule has 0 radical (unpaired) electrons. The maximum absolute atomic E-state index is 8.71. The maximum atomic E-state index is 8.71. The highest BCUT2D eigenvalue weighted by molar-refractivity contribution is 7.10. The van der Waals surface area contributed by atoms with Gasteiger partial charge in [0.1, 0.15) is 6.07 Å². The van der Waals surface area contributed by atoms with Crippen LogP contribution in [0.2, 0.25) is 0 Å². The molecule has 1 atom stereocenters. The predicted octanol–water partition coefficient (Wildman–Crippen LogP) is 1.66. The molecule has 0 amide bonds. The van der Waals surface area contributed by atoms with Crippen molar-refractivity contribution < 1.29 is 0 Å². The van der Waals surface area contributed by atoms with Crippen molar-refractivity contribution >= 4 is 11.3 Å². The second kappa shape index (κ2) is 5.44. The van der Waals surface area contributed by atoms with Crippen LogP contribution in [-0.2, 0) is 6.54 Å². The van der Waals surface area contributed by atoms with Gasteiger partial charge in [0.15, 0.2) is 0 Å². The van der Waals surface area contributed by atoms with Crippen LogP contribution in [0.25, 0.3) is 0 Å². The van der Waals surface area contributed by atoms with Gasteiger partial charge in [-0.3, -0.25) is 0 Å². The molecule has 0 bridgehead atoms. The van der Waals surface area contributed by atoms with E-state index in [2.05, 4.69) is 23.3 Å². The molecular formula is C12H17N3S. The molecule has 1 N–H and O–H groups in total. The molecule has 0 aromatic carbocycles. The molecule has 2 rings (SSSR count). The molecule has 16 heavy (non-hydrogen) atoms. The number of hydrogen-bond acceptors (Lipinski definition) is 4. The van der Waals surface area contributed by atoms with E-state index in [4.69, 9.17) is 5.26 Å². The van der Waals surface area contributed by atoms with Crippen molar-refractivity contribution in [3.63, 3.8) is 0 Å². The summed E-state index contributed by atoms with van der Waals surface area (Å²) >= 11 is 1.66. The van der Waals surface area contributed by atoms with Gasteiger partial charge in [0.2, 0.25) is 0 Å². The Hall–Kier alpha value is -0.890. The van der Waals surface area contributed by atoms with Gasteiger partial charge in [-0.2, -0.15) is 5.26 Å². The van der Waals surface area contributed by atoms with Crippen molar-refractivity contribution in [3.05, 3.63) is 21.9 Å². The number of rotatable bonds is 4. The Bertz CT molecular complexity index is 380. The van der Waals surface area contributed by atoms with E-state index < -0.39 is 0 Å². The first-order chi connectivity index (χ1) is 7.78. The summed E-state index contributed by atoms with van der Waals surface area (Å²) in [4.78, 5) is 3.63. The Morgan fingerprint density at radius 3 is 3.19 bits per heavy atom. The van der Waals surface area contributed by atoms with Crippen LogP contribution in [0.15, 0.2) is 11.4 Å².